The summed E-state index contributed by atoms with van der Waals surface area (Å²) in [6.45, 7) is 31.4. The second-order valence-electron chi connectivity index (χ2n) is 22.2. The smallest absolute Gasteiger partial charge is 0.311 e. The van der Waals surface area contributed by atoms with Crippen molar-refractivity contribution in [3.63, 3.8) is 0 Å². The summed E-state index contributed by atoms with van der Waals surface area (Å²) < 4.78 is 68.4. The Morgan fingerprint density at radius 3 is 1.99 bits per heavy atom. The molecule has 404 valence electrons. The average molecular weight is 982 g/mol. The number of nitrogens with zero attached hydrogens (tertiary/aromatic N) is 1. The number of likely N-dealkylation sites (N-methyl/N-ethyl adjacent to an activating group) is 1. The summed E-state index contributed by atoms with van der Waals surface area (Å²) >= 11 is 0. The van der Waals surface area contributed by atoms with Gasteiger partial charge in [-0.2, -0.15) is 0 Å². The number of esters is 1. The number of aliphatic hydroxyl groups is 1. The van der Waals surface area contributed by atoms with Crippen LogP contribution in [0.5, 0.6) is 0 Å². The van der Waals surface area contributed by atoms with Crippen molar-refractivity contribution >= 4 is 5.97 Å². The van der Waals surface area contributed by atoms with E-state index in [1.54, 1.807) is 14.0 Å². The summed E-state index contributed by atoms with van der Waals surface area (Å²) in [4.78, 5) is 17.4. The van der Waals surface area contributed by atoms with E-state index < -0.39 is 77.5 Å². The van der Waals surface area contributed by atoms with E-state index in [0.29, 0.717) is 44.8 Å². The maximum Gasteiger partial charge on any atom is 0.311 e. The summed E-state index contributed by atoms with van der Waals surface area (Å²) in [7, 11) is 3.87. The van der Waals surface area contributed by atoms with Crippen LogP contribution in [0.25, 0.3) is 0 Å². The van der Waals surface area contributed by atoms with E-state index in [4.69, 9.17) is 47.4 Å². The van der Waals surface area contributed by atoms with Crippen molar-refractivity contribution in [2.24, 2.45) is 17.8 Å². The van der Waals surface area contributed by atoms with Crippen LogP contribution in [-0.2, 0) is 52.2 Å². The number of fused-ring (bicyclic) bond motifs is 2. The number of ether oxygens (including phenoxy) is 10. The van der Waals surface area contributed by atoms with Gasteiger partial charge in [-0.25, -0.2) is 0 Å². The Labute approximate surface area is 420 Å². The van der Waals surface area contributed by atoms with Gasteiger partial charge < -0.3 is 57.4 Å². The number of hydrogen-bond donors (Lipinski definition) is 1. The second-order valence-corrected chi connectivity index (χ2v) is 22.2. The molecule has 69 heavy (non-hydrogen) atoms. The van der Waals surface area contributed by atoms with E-state index in [9.17, 15) is 5.11 Å². The Bertz CT molecular complexity index is 1530. The maximum atomic E-state index is 15.1. The van der Waals surface area contributed by atoms with Crippen molar-refractivity contribution in [1.29, 1.82) is 0 Å². The predicted molar refractivity (Wildman–Crippen MR) is 272 cm³/mol. The molecule has 4 rings (SSSR count). The fraction of sp³-hybridized carbons (Fsp3) is 0.946. The fourth-order valence-corrected chi connectivity index (χ4v) is 11.9. The van der Waals surface area contributed by atoms with Crippen LogP contribution in [0, 0.1) is 17.8 Å². The zero-order chi connectivity index (χ0) is 51.1. The molecule has 0 amide bonds. The third-order valence-electron chi connectivity index (χ3n) is 16.1. The van der Waals surface area contributed by atoms with Crippen LogP contribution in [0.4, 0.5) is 0 Å². The number of unbranched alkanes of at least 4 members (excludes halogenated alkanes) is 9. The van der Waals surface area contributed by atoms with Gasteiger partial charge in [0, 0.05) is 51.7 Å². The van der Waals surface area contributed by atoms with Gasteiger partial charge >= 0.3 is 5.97 Å². The molecule has 3 saturated heterocycles. The maximum absolute atomic E-state index is 15.1. The Hall–Kier alpha value is -1.39. The SMILES string of the molecule is CCCCCCO[C@H]1C(O[C@@H]2[C@@H](C)[C@H](OC3C[C@@](C)(OC)[C@@H](OCCCCCC)[C@H](C)O3)[C@@H](C)C(=O)O[C@@H]([C@](C)(O)[C@@H](CC)OCCCCCC)[C@@H](C)C3=C(C)C[C@@]2(C)O3)O[C@H](C)C[C@@H]1N(C)CC. The fourth-order valence-electron chi connectivity index (χ4n) is 11.9. The van der Waals surface area contributed by atoms with E-state index in [0.717, 1.165) is 89.2 Å². The highest BCUT2D eigenvalue weighted by Crippen LogP contribution is 2.49. The quantitative estimate of drug-likeness (QED) is 0.0590. The summed E-state index contributed by atoms with van der Waals surface area (Å²) in [5.74, 6) is -1.65. The molecular weight excluding hydrogens is 879 g/mol. The van der Waals surface area contributed by atoms with Crippen molar-refractivity contribution in [2.75, 3.05) is 40.5 Å². The molecule has 1 N–H and O–H groups in total. The van der Waals surface area contributed by atoms with Crippen LogP contribution in [0.2, 0.25) is 0 Å². The molecule has 0 aromatic rings. The number of carbonyl (C=O) groups excluding carboxylic acids is 1. The highest BCUT2D eigenvalue weighted by molar-refractivity contribution is 5.73. The van der Waals surface area contributed by atoms with E-state index in [2.05, 4.69) is 74.3 Å². The first-order chi connectivity index (χ1) is 32.8. The van der Waals surface area contributed by atoms with Gasteiger partial charge in [0.05, 0.1) is 41.9 Å². The molecule has 0 saturated carbocycles. The van der Waals surface area contributed by atoms with Crippen LogP contribution in [0.15, 0.2) is 11.3 Å². The van der Waals surface area contributed by atoms with Gasteiger partial charge in [0.2, 0.25) is 0 Å². The number of rotatable bonds is 28. The minimum atomic E-state index is -1.57. The minimum Gasteiger partial charge on any atom is -0.488 e. The molecular formula is C56H103NO12. The Kier molecular flexibility index (Phi) is 24.7. The predicted octanol–water partition coefficient (Wildman–Crippen LogP) is 11.1. The van der Waals surface area contributed by atoms with Gasteiger partial charge in [-0.15, -0.1) is 0 Å². The van der Waals surface area contributed by atoms with Gasteiger partial charge in [-0.05, 0) is 99.7 Å². The van der Waals surface area contributed by atoms with Crippen molar-refractivity contribution in [2.45, 2.75) is 284 Å². The lowest BCUT2D eigenvalue weighted by molar-refractivity contribution is -0.322. The molecule has 17 atom stereocenters. The lowest BCUT2D eigenvalue weighted by Gasteiger charge is -2.49. The highest BCUT2D eigenvalue weighted by Gasteiger charge is 2.57. The first kappa shape index (κ1) is 60.2. The monoisotopic (exact) mass is 982 g/mol. The zero-order valence-electron chi connectivity index (χ0n) is 46.6. The van der Waals surface area contributed by atoms with Crippen LogP contribution in [0.1, 0.15) is 200 Å². The topological polar surface area (TPSA) is 133 Å². The summed E-state index contributed by atoms with van der Waals surface area (Å²) in [6.07, 6.45) is 9.40. The number of methoxy groups -OCH3 is 1. The third-order valence-corrected chi connectivity index (χ3v) is 16.1. The molecule has 4 heterocycles. The molecule has 2 bridgehead atoms. The van der Waals surface area contributed by atoms with Gasteiger partial charge in [-0.1, -0.05) is 106 Å². The number of carbonyl (C=O) groups is 1. The minimum absolute atomic E-state index is 0.0516. The Morgan fingerprint density at radius 1 is 0.797 bits per heavy atom. The normalized spacial score (nSPS) is 37.0. The molecule has 3 fully saturated rings. The molecule has 2 unspecified atom stereocenters. The van der Waals surface area contributed by atoms with Crippen molar-refractivity contribution < 1.29 is 57.3 Å². The molecule has 13 heteroatoms. The molecule has 0 radical (unpaired) electrons. The lowest BCUT2D eigenvalue weighted by Crippen LogP contribution is -2.61. The van der Waals surface area contributed by atoms with E-state index in [-0.39, 0.29) is 30.5 Å². The van der Waals surface area contributed by atoms with E-state index in [1.165, 1.54) is 6.42 Å². The third kappa shape index (κ3) is 15.6. The van der Waals surface area contributed by atoms with Gasteiger partial charge in [0.1, 0.15) is 41.4 Å². The molecule has 13 nitrogen and oxygen atoms in total. The standard InChI is InChI=1S/C56H103NO12/c1-17-22-25-28-31-61-44(20-4)56(14,59)50-39(8)46-37(6)35-55(13,69-46)49(68-53-48(62-32-29-26-23-18-2)43(57(15)21-5)34-38(7)64-53)40(9)47(41(10)52(58)67-50)66-45-36-54(12,60-16)51(42(11)65-45)63-33-30-27-24-19-3/h38-45,47-51,53,59H,17-36H2,1-16H3/t38-,39+,40+,41-,42+,43+,44-,45?,47+,48-,49-,50-,51+,53?,54-,55-,56-/m1/s1. The molecule has 0 aliphatic carbocycles. The van der Waals surface area contributed by atoms with E-state index >= 15 is 4.79 Å². The molecule has 4 aliphatic heterocycles. The number of cyclic esters (lactones) is 1. The molecule has 0 aromatic carbocycles. The number of hydrogen-bond acceptors (Lipinski definition) is 13. The van der Waals surface area contributed by atoms with Crippen LogP contribution < -0.4 is 0 Å². The molecule has 0 spiro atoms. The van der Waals surface area contributed by atoms with E-state index in [1.807, 2.05) is 27.7 Å². The van der Waals surface area contributed by atoms with Crippen molar-refractivity contribution in [1.82, 2.24) is 4.90 Å². The Morgan fingerprint density at radius 2 is 1.41 bits per heavy atom. The molecule has 0 aromatic heterocycles. The summed E-state index contributed by atoms with van der Waals surface area (Å²) in [5, 5.41) is 12.7. The lowest BCUT2D eigenvalue weighted by atomic mass is 9.78. The Balaban J connectivity index is 1.81. The van der Waals surface area contributed by atoms with Crippen molar-refractivity contribution in [3.05, 3.63) is 11.3 Å². The van der Waals surface area contributed by atoms with Gasteiger partial charge in [-0.3, -0.25) is 4.79 Å². The summed E-state index contributed by atoms with van der Waals surface area (Å²) in [5.41, 5.74) is -2.25. The molecule has 4 aliphatic rings. The largest absolute Gasteiger partial charge is 0.488 e. The first-order valence-electron chi connectivity index (χ1n) is 27.8. The zero-order valence-corrected chi connectivity index (χ0v) is 46.6. The average Bonchev–Trinajstić information content (AvgIpc) is 3.63. The van der Waals surface area contributed by atoms with Crippen LogP contribution >= 0.6 is 0 Å². The van der Waals surface area contributed by atoms with Crippen LogP contribution in [0.3, 0.4) is 0 Å². The second kappa shape index (κ2) is 28.3. The highest BCUT2D eigenvalue weighted by atomic mass is 16.7. The van der Waals surface area contributed by atoms with Crippen molar-refractivity contribution in [3.8, 4) is 0 Å². The first-order valence-corrected chi connectivity index (χ1v) is 27.8. The van der Waals surface area contributed by atoms with Gasteiger partial charge in [0.15, 0.2) is 12.6 Å². The summed E-state index contributed by atoms with van der Waals surface area (Å²) in [6, 6.07) is 0.0516. The van der Waals surface area contributed by atoms with Gasteiger partial charge in [0.25, 0.3) is 0 Å². The van der Waals surface area contributed by atoms with Crippen LogP contribution in [-0.4, -0.2) is 141 Å².